The minimum Gasteiger partial charge on any atom is -0.489 e. The average molecular weight is 413 g/mol. The highest BCUT2D eigenvalue weighted by molar-refractivity contribution is 7.12. The molecule has 3 heterocycles. The molecular weight excluding hydrogens is 390 g/mol. The molecule has 8 heteroatoms. The number of hydrogen-bond donors (Lipinski definition) is 0. The Morgan fingerprint density at radius 1 is 1.31 bits per heavy atom. The number of hydrogen-bond acceptors (Lipinski definition) is 6. The molecule has 1 aliphatic heterocycles. The fourth-order valence-electron chi connectivity index (χ4n) is 3.17. The van der Waals surface area contributed by atoms with Crippen LogP contribution in [0.3, 0.4) is 0 Å². The summed E-state index contributed by atoms with van der Waals surface area (Å²) in [5, 5.41) is 6.30. The number of aryl methyl sites for hydroxylation is 1. The van der Waals surface area contributed by atoms with Crippen LogP contribution in [0.1, 0.15) is 33.4 Å². The Labute approximate surface area is 173 Å². The molecule has 0 fully saturated rings. The first-order valence-electron chi connectivity index (χ1n) is 9.41. The van der Waals surface area contributed by atoms with Crippen LogP contribution >= 0.6 is 11.3 Å². The summed E-state index contributed by atoms with van der Waals surface area (Å²) >= 11 is 1.43. The summed E-state index contributed by atoms with van der Waals surface area (Å²) in [6.07, 6.45) is 1.83. The zero-order chi connectivity index (χ0) is 20.4. The number of nitrogens with zero attached hydrogens (tertiary/aromatic N) is 3. The van der Waals surface area contributed by atoms with Crippen LogP contribution < -0.4 is 14.2 Å². The fourth-order valence-corrected chi connectivity index (χ4v) is 4.06. The van der Waals surface area contributed by atoms with Gasteiger partial charge in [0.1, 0.15) is 12.4 Å². The SMILES string of the molecule is CCn1ncc(CN(C)C(=O)c2cc(COc3ccc4c(c3)OCO4)cs2)c1C. The molecule has 4 rings (SSSR count). The second kappa shape index (κ2) is 8.16. The Kier molecular flexibility index (Phi) is 5.44. The zero-order valence-electron chi connectivity index (χ0n) is 16.7. The second-order valence-corrected chi connectivity index (χ2v) is 7.77. The minimum absolute atomic E-state index is 0.00650. The van der Waals surface area contributed by atoms with Gasteiger partial charge in [-0.05, 0) is 37.4 Å². The summed E-state index contributed by atoms with van der Waals surface area (Å²) < 4.78 is 18.4. The van der Waals surface area contributed by atoms with Gasteiger partial charge in [-0.2, -0.15) is 5.10 Å². The van der Waals surface area contributed by atoms with E-state index in [1.165, 1.54) is 11.3 Å². The van der Waals surface area contributed by atoms with Gasteiger partial charge >= 0.3 is 0 Å². The van der Waals surface area contributed by atoms with Gasteiger partial charge in [-0.1, -0.05) is 0 Å². The largest absolute Gasteiger partial charge is 0.489 e. The van der Waals surface area contributed by atoms with E-state index < -0.39 is 0 Å². The molecular formula is C21H23N3O4S. The van der Waals surface area contributed by atoms with Crippen LogP contribution in [0.4, 0.5) is 0 Å². The van der Waals surface area contributed by atoms with Crippen molar-refractivity contribution in [1.82, 2.24) is 14.7 Å². The van der Waals surface area contributed by atoms with Crippen molar-refractivity contribution in [3.05, 3.63) is 57.5 Å². The number of thiophene rings is 1. The number of ether oxygens (including phenoxy) is 3. The highest BCUT2D eigenvalue weighted by Crippen LogP contribution is 2.35. The Hall–Kier alpha value is -3.00. The van der Waals surface area contributed by atoms with Crippen molar-refractivity contribution in [3.8, 4) is 17.2 Å². The topological polar surface area (TPSA) is 65.8 Å². The van der Waals surface area contributed by atoms with E-state index in [1.807, 2.05) is 54.5 Å². The first kappa shape index (κ1) is 19.3. The molecule has 0 spiro atoms. The third-order valence-corrected chi connectivity index (χ3v) is 5.84. The number of carbonyl (C=O) groups is 1. The van der Waals surface area contributed by atoms with Crippen molar-refractivity contribution >= 4 is 17.2 Å². The van der Waals surface area contributed by atoms with E-state index in [0.29, 0.717) is 29.5 Å². The maximum atomic E-state index is 12.8. The molecule has 1 amide bonds. The Morgan fingerprint density at radius 2 is 2.14 bits per heavy atom. The molecule has 0 saturated heterocycles. The number of rotatable bonds is 7. The number of amides is 1. The molecule has 0 bridgehead atoms. The van der Waals surface area contributed by atoms with Crippen molar-refractivity contribution in [2.24, 2.45) is 0 Å². The van der Waals surface area contributed by atoms with Crippen molar-refractivity contribution in [2.75, 3.05) is 13.8 Å². The molecule has 1 aliphatic rings. The first-order chi connectivity index (χ1) is 14.0. The standard InChI is InChI=1S/C21H23N3O4S/c1-4-24-14(2)16(9-22-24)10-23(3)21(25)20-7-15(12-29-20)11-26-17-5-6-18-19(8-17)28-13-27-18/h5-9,12H,4,10-11,13H2,1-3H3. The molecule has 29 heavy (non-hydrogen) atoms. The van der Waals surface area contributed by atoms with Gasteiger partial charge in [0.25, 0.3) is 5.91 Å². The highest BCUT2D eigenvalue weighted by atomic mass is 32.1. The predicted octanol–water partition coefficient (Wildman–Crippen LogP) is 3.85. The third-order valence-electron chi connectivity index (χ3n) is 4.87. The van der Waals surface area contributed by atoms with Crippen molar-refractivity contribution in [2.45, 2.75) is 33.5 Å². The molecule has 7 nitrogen and oxygen atoms in total. The Bertz CT molecular complexity index is 1030. The molecule has 3 aromatic rings. The molecule has 0 unspecified atom stereocenters. The highest BCUT2D eigenvalue weighted by Gasteiger charge is 2.17. The maximum Gasteiger partial charge on any atom is 0.263 e. The number of benzene rings is 1. The normalized spacial score (nSPS) is 12.2. The van der Waals surface area contributed by atoms with E-state index in [1.54, 1.807) is 4.90 Å². The molecule has 0 saturated carbocycles. The lowest BCUT2D eigenvalue weighted by Crippen LogP contribution is -2.25. The third kappa shape index (κ3) is 4.07. The number of aromatic nitrogens is 2. The molecule has 1 aromatic carbocycles. The van der Waals surface area contributed by atoms with Crippen LogP contribution in [0, 0.1) is 6.92 Å². The van der Waals surface area contributed by atoms with E-state index in [-0.39, 0.29) is 12.7 Å². The van der Waals surface area contributed by atoms with Gasteiger partial charge < -0.3 is 19.1 Å². The molecule has 0 aliphatic carbocycles. The van der Waals surface area contributed by atoms with Gasteiger partial charge in [-0.25, -0.2) is 0 Å². The summed E-state index contributed by atoms with van der Waals surface area (Å²) in [4.78, 5) is 15.2. The predicted molar refractivity (Wildman–Crippen MR) is 110 cm³/mol. The van der Waals surface area contributed by atoms with E-state index in [0.717, 1.165) is 29.1 Å². The lowest BCUT2D eigenvalue weighted by atomic mass is 10.2. The quantitative estimate of drug-likeness (QED) is 0.589. The minimum atomic E-state index is -0.00650. The smallest absolute Gasteiger partial charge is 0.263 e. The van der Waals surface area contributed by atoms with Gasteiger partial charge in [0, 0.05) is 43.0 Å². The summed E-state index contributed by atoms with van der Waals surface area (Å²) in [6.45, 7) is 6.06. The second-order valence-electron chi connectivity index (χ2n) is 6.86. The lowest BCUT2D eigenvalue weighted by molar-refractivity contribution is 0.0789. The molecule has 0 atom stereocenters. The van der Waals surface area contributed by atoms with E-state index in [9.17, 15) is 4.79 Å². The Balaban J connectivity index is 1.36. The van der Waals surface area contributed by atoms with Crippen LogP contribution in [0.15, 0.2) is 35.8 Å². The van der Waals surface area contributed by atoms with Crippen molar-refractivity contribution in [1.29, 1.82) is 0 Å². The Morgan fingerprint density at radius 3 is 2.93 bits per heavy atom. The van der Waals surface area contributed by atoms with Crippen molar-refractivity contribution < 1.29 is 19.0 Å². The van der Waals surface area contributed by atoms with Crippen LogP contribution in [0.25, 0.3) is 0 Å². The van der Waals surface area contributed by atoms with Crippen LogP contribution in [0.2, 0.25) is 0 Å². The van der Waals surface area contributed by atoms with Crippen LogP contribution in [-0.2, 0) is 19.7 Å². The van der Waals surface area contributed by atoms with E-state index >= 15 is 0 Å². The number of carbonyl (C=O) groups excluding carboxylic acids is 1. The van der Waals surface area contributed by atoms with Gasteiger partial charge in [0.15, 0.2) is 11.5 Å². The first-order valence-corrected chi connectivity index (χ1v) is 10.3. The molecule has 2 aromatic heterocycles. The van der Waals surface area contributed by atoms with Crippen molar-refractivity contribution in [3.63, 3.8) is 0 Å². The van der Waals surface area contributed by atoms with Gasteiger partial charge in [0.05, 0.1) is 11.1 Å². The summed E-state index contributed by atoms with van der Waals surface area (Å²) in [5.41, 5.74) is 3.11. The molecule has 152 valence electrons. The van der Waals surface area contributed by atoms with Gasteiger partial charge in [-0.15, -0.1) is 11.3 Å². The average Bonchev–Trinajstić information content (AvgIpc) is 3.46. The van der Waals surface area contributed by atoms with Crippen LogP contribution in [-0.4, -0.2) is 34.4 Å². The summed E-state index contributed by atoms with van der Waals surface area (Å²) in [6, 6.07) is 7.38. The molecule has 0 radical (unpaired) electrons. The number of fused-ring (bicyclic) bond motifs is 1. The lowest BCUT2D eigenvalue weighted by Gasteiger charge is -2.16. The van der Waals surface area contributed by atoms with Crippen LogP contribution in [0.5, 0.6) is 17.2 Å². The van der Waals surface area contributed by atoms with Gasteiger partial charge in [-0.3, -0.25) is 9.48 Å². The van der Waals surface area contributed by atoms with E-state index in [4.69, 9.17) is 14.2 Å². The summed E-state index contributed by atoms with van der Waals surface area (Å²) in [7, 11) is 1.81. The fraction of sp³-hybridized carbons (Fsp3) is 0.333. The van der Waals surface area contributed by atoms with E-state index in [2.05, 4.69) is 12.0 Å². The summed E-state index contributed by atoms with van der Waals surface area (Å²) in [5.74, 6) is 2.11. The van der Waals surface area contributed by atoms with Gasteiger partial charge in [0.2, 0.25) is 6.79 Å². The molecule has 0 N–H and O–H groups in total. The maximum absolute atomic E-state index is 12.8. The zero-order valence-corrected chi connectivity index (χ0v) is 17.5. The monoisotopic (exact) mass is 413 g/mol.